The minimum absolute atomic E-state index is 0.0204. The molecule has 0 aromatic heterocycles. The molecule has 0 bridgehead atoms. The molecule has 130 valence electrons. The Balaban J connectivity index is 1.74. The van der Waals surface area contributed by atoms with E-state index in [9.17, 15) is 4.79 Å². The van der Waals surface area contributed by atoms with Crippen molar-refractivity contribution in [3.05, 3.63) is 47.4 Å². The van der Waals surface area contributed by atoms with Gasteiger partial charge in [0.1, 0.15) is 19.0 Å². The summed E-state index contributed by atoms with van der Waals surface area (Å²) < 4.78 is 10.9. The van der Waals surface area contributed by atoms with Gasteiger partial charge in [-0.15, -0.1) is 0 Å². The first-order chi connectivity index (χ1) is 11.6. The molecule has 1 saturated heterocycles. The molecule has 0 unspecified atom stereocenters. The van der Waals surface area contributed by atoms with Crippen LogP contribution in [0.25, 0.3) is 0 Å². The van der Waals surface area contributed by atoms with Gasteiger partial charge in [0.2, 0.25) is 5.76 Å². The Labute approximate surface area is 143 Å². The SMILES string of the molecule is CC1=C(C(=O)NCC2(c3ccccc3)CCN(C)CC2)OCCO1. The van der Waals surface area contributed by atoms with E-state index in [0.717, 1.165) is 25.9 Å². The van der Waals surface area contributed by atoms with Gasteiger partial charge in [-0.1, -0.05) is 30.3 Å². The number of rotatable bonds is 4. The van der Waals surface area contributed by atoms with Gasteiger partial charge in [0.25, 0.3) is 5.91 Å². The standard InChI is InChI=1S/C19H26N2O3/c1-15-17(24-13-12-23-15)18(22)20-14-19(8-10-21(2)11-9-19)16-6-4-3-5-7-16/h3-7H,8-14H2,1-2H3,(H,20,22). The second kappa shape index (κ2) is 7.26. The van der Waals surface area contributed by atoms with E-state index >= 15 is 0 Å². The van der Waals surface area contributed by atoms with Crippen molar-refractivity contribution in [2.75, 3.05) is 39.9 Å². The molecule has 2 heterocycles. The normalized spacial score (nSPS) is 20.9. The lowest BCUT2D eigenvalue weighted by Gasteiger charge is -2.41. The third-order valence-electron chi connectivity index (χ3n) is 5.09. The van der Waals surface area contributed by atoms with Crippen LogP contribution in [0.5, 0.6) is 0 Å². The fourth-order valence-electron chi connectivity index (χ4n) is 3.47. The van der Waals surface area contributed by atoms with Crippen LogP contribution in [0, 0.1) is 0 Å². The van der Waals surface area contributed by atoms with E-state index < -0.39 is 0 Å². The molecule has 0 spiro atoms. The van der Waals surface area contributed by atoms with E-state index in [1.54, 1.807) is 6.92 Å². The molecule has 24 heavy (non-hydrogen) atoms. The van der Waals surface area contributed by atoms with Gasteiger partial charge in [-0.3, -0.25) is 4.79 Å². The Morgan fingerprint density at radius 3 is 2.50 bits per heavy atom. The summed E-state index contributed by atoms with van der Waals surface area (Å²) in [5.41, 5.74) is 1.28. The molecule has 1 N–H and O–H groups in total. The van der Waals surface area contributed by atoms with Crippen molar-refractivity contribution >= 4 is 5.91 Å². The minimum atomic E-state index is -0.179. The molecule has 0 radical (unpaired) electrons. The number of benzene rings is 1. The van der Waals surface area contributed by atoms with Crippen molar-refractivity contribution in [1.29, 1.82) is 0 Å². The third-order valence-corrected chi connectivity index (χ3v) is 5.09. The van der Waals surface area contributed by atoms with Crippen molar-refractivity contribution in [3.63, 3.8) is 0 Å². The predicted octanol–water partition coefficient (Wildman–Crippen LogP) is 2.04. The molecule has 3 rings (SSSR count). The van der Waals surface area contributed by atoms with Crippen LogP contribution in [0.1, 0.15) is 25.3 Å². The molecule has 2 aliphatic rings. The Morgan fingerprint density at radius 1 is 1.17 bits per heavy atom. The fraction of sp³-hybridized carbons (Fsp3) is 0.526. The predicted molar refractivity (Wildman–Crippen MR) is 92.5 cm³/mol. The number of carbonyl (C=O) groups is 1. The van der Waals surface area contributed by atoms with Crippen LogP contribution in [0.2, 0.25) is 0 Å². The number of hydrogen-bond donors (Lipinski definition) is 1. The van der Waals surface area contributed by atoms with Crippen molar-refractivity contribution in [2.24, 2.45) is 0 Å². The van der Waals surface area contributed by atoms with E-state index in [4.69, 9.17) is 9.47 Å². The summed E-state index contributed by atoms with van der Waals surface area (Å²) >= 11 is 0. The molecule has 1 fully saturated rings. The molecule has 2 aliphatic heterocycles. The Bertz CT molecular complexity index is 604. The smallest absolute Gasteiger partial charge is 0.289 e. The maximum absolute atomic E-state index is 12.5. The highest BCUT2D eigenvalue weighted by molar-refractivity contribution is 5.92. The molecular formula is C19H26N2O3. The van der Waals surface area contributed by atoms with Gasteiger partial charge in [-0.25, -0.2) is 0 Å². The Morgan fingerprint density at radius 2 is 1.83 bits per heavy atom. The van der Waals surface area contributed by atoms with Gasteiger partial charge in [-0.05, 0) is 45.5 Å². The molecule has 0 saturated carbocycles. The number of likely N-dealkylation sites (tertiary alicyclic amines) is 1. The van der Waals surface area contributed by atoms with Crippen molar-refractivity contribution in [1.82, 2.24) is 10.2 Å². The summed E-state index contributed by atoms with van der Waals surface area (Å²) in [6.45, 7) is 5.39. The number of piperidine rings is 1. The topological polar surface area (TPSA) is 50.8 Å². The van der Waals surface area contributed by atoms with E-state index in [2.05, 4.69) is 41.5 Å². The molecular weight excluding hydrogens is 304 g/mol. The number of hydrogen-bond acceptors (Lipinski definition) is 4. The first-order valence-corrected chi connectivity index (χ1v) is 8.59. The number of ether oxygens (including phenoxy) is 2. The van der Waals surface area contributed by atoms with Gasteiger partial charge in [-0.2, -0.15) is 0 Å². The Kier molecular flexibility index (Phi) is 5.09. The largest absolute Gasteiger partial charge is 0.491 e. The van der Waals surface area contributed by atoms with Crippen LogP contribution >= 0.6 is 0 Å². The second-order valence-electron chi connectivity index (χ2n) is 6.71. The summed E-state index contributed by atoms with van der Waals surface area (Å²) in [7, 11) is 2.15. The minimum Gasteiger partial charge on any atom is -0.491 e. The molecule has 1 aromatic carbocycles. The molecule has 0 aliphatic carbocycles. The van der Waals surface area contributed by atoms with Crippen molar-refractivity contribution in [3.8, 4) is 0 Å². The average molecular weight is 330 g/mol. The zero-order valence-electron chi connectivity index (χ0n) is 14.5. The van der Waals surface area contributed by atoms with Crippen LogP contribution in [-0.2, 0) is 19.7 Å². The quantitative estimate of drug-likeness (QED) is 0.918. The number of amides is 1. The lowest BCUT2D eigenvalue weighted by molar-refractivity contribution is -0.123. The number of allylic oxidation sites excluding steroid dienone is 1. The number of nitrogens with one attached hydrogen (secondary N) is 1. The summed E-state index contributed by atoms with van der Waals surface area (Å²) in [5.74, 6) is 0.703. The van der Waals surface area contributed by atoms with Gasteiger partial charge >= 0.3 is 0 Å². The summed E-state index contributed by atoms with van der Waals surface area (Å²) in [5, 5.41) is 3.09. The molecule has 0 atom stereocenters. The van der Waals surface area contributed by atoms with Crippen LogP contribution in [0.3, 0.4) is 0 Å². The van der Waals surface area contributed by atoms with Gasteiger partial charge in [0.05, 0.1) is 0 Å². The van der Waals surface area contributed by atoms with Crippen molar-refractivity contribution in [2.45, 2.75) is 25.2 Å². The molecule has 5 nitrogen and oxygen atoms in total. The lowest BCUT2D eigenvalue weighted by Crippen LogP contribution is -2.48. The van der Waals surface area contributed by atoms with E-state index in [0.29, 0.717) is 31.3 Å². The molecule has 1 aromatic rings. The fourth-order valence-corrected chi connectivity index (χ4v) is 3.47. The molecule has 1 amide bonds. The summed E-state index contributed by atoms with van der Waals surface area (Å²) in [4.78, 5) is 14.8. The number of nitrogens with zero attached hydrogens (tertiary/aromatic N) is 1. The van der Waals surface area contributed by atoms with Crippen molar-refractivity contribution < 1.29 is 14.3 Å². The molecule has 5 heteroatoms. The third kappa shape index (κ3) is 3.56. The van der Waals surface area contributed by atoms with Gasteiger partial charge < -0.3 is 19.7 Å². The van der Waals surface area contributed by atoms with Crippen LogP contribution in [0.4, 0.5) is 0 Å². The Hall–Kier alpha value is -2.01. The first-order valence-electron chi connectivity index (χ1n) is 8.59. The van der Waals surface area contributed by atoms with Crippen LogP contribution in [0.15, 0.2) is 41.9 Å². The maximum atomic E-state index is 12.5. The second-order valence-corrected chi connectivity index (χ2v) is 6.71. The van der Waals surface area contributed by atoms with Crippen LogP contribution in [-0.4, -0.2) is 50.7 Å². The average Bonchev–Trinajstić information content (AvgIpc) is 2.62. The summed E-state index contributed by atoms with van der Waals surface area (Å²) in [6.07, 6.45) is 2.06. The van der Waals surface area contributed by atoms with Crippen LogP contribution < -0.4 is 5.32 Å². The maximum Gasteiger partial charge on any atom is 0.289 e. The van der Waals surface area contributed by atoms with E-state index in [1.165, 1.54) is 5.56 Å². The van der Waals surface area contributed by atoms with Gasteiger partial charge in [0, 0.05) is 12.0 Å². The lowest BCUT2D eigenvalue weighted by atomic mass is 9.72. The number of carbonyl (C=O) groups excluding carboxylic acids is 1. The van der Waals surface area contributed by atoms with Gasteiger partial charge in [0.15, 0.2) is 0 Å². The first kappa shape index (κ1) is 16.8. The zero-order chi connectivity index (χ0) is 17.0. The highest BCUT2D eigenvalue weighted by atomic mass is 16.6. The van der Waals surface area contributed by atoms with E-state index in [1.807, 2.05) is 6.07 Å². The highest BCUT2D eigenvalue weighted by Gasteiger charge is 2.36. The summed E-state index contributed by atoms with van der Waals surface area (Å²) in [6, 6.07) is 10.5. The zero-order valence-corrected chi connectivity index (χ0v) is 14.5. The monoisotopic (exact) mass is 330 g/mol. The van der Waals surface area contributed by atoms with E-state index in [-0.39, 0.29) is 11.3 Å². The highest BCUT2D eigenvalue weighted by Crippen LogP contribution is 2.34.